The quantitative estimate of drug-likeness (QED) is 0.448. The number of amides is 2. The monoisotopic (exact) mass is 541 g/mol. The fourth-order valence-corrected chi connectivity index (χ4v) is 7.09. The van der Waals surface area contributed by atoms with Gasteiger partial charge in [0, 0.05) is 49.8 Å². The number of carbonyl (C=O) groups excluding carboxylic acids is 2. The van der Waals surface area contributed by atoms with Crippen LogP contribution in [0.2, 0.25) is 0 Å². The van der Waals surface area contributed by atoms with Crippen molar-refractivity contribution in [3.63, 3.8) is 0 Å². The highest BCUT2D eigenvalue weighted by atomic mass is 16.2. The Morgan fingerprint density at radius 1 is 1.00 bits per heavy atom. The Morgan fingerprint density at radius 3 is 2.40 bits per heavy atom. The summed E-state index contributed by atoms with van der Waals surface area (Å²) in [4.78, 5) is 31.2. The highest BCUT2D eigenvalue weighted by molar-refractivity contribution is 5.99. The second-order valence-corrected chi connectivity index (χ2v) is 11.9. The van der Waals surface area contributed by atoms with E-state index in [1.807, 2.05) is 36.9 Å². The Labute approximate surface area is 235 Å². The smallest absolute Gasteiger partial charge is 0.254 e. The van der Waals surface area contributed by atoms with Gasteiger partial charge in [-0.05, 0) is 66.8 Å². The van der Waals surface area contributed by atoms with Crippen LogP contribution in [0.25, 0.3) is 11.4 Å². The molecule has 2 aliphatic heterocycles. The number of carbonyl (C=O) groups is 2. The molecule has 2 N–H and O–H groups in total. The van der Waals surface area contributed by atoms with Crippen LogP contribution in [-0.2, 0) is 4.79 Å². The van der Waals surface area contributed by atoms with Crippen molar-refractivity contribution in [2.75, 3.05) is 32.7 Å². The van der Waals surface area contributed by atoms with Gasteiger partial charge in [-0.25, -0.2) is 0 Å². The fourth-order valence-electron chi connectivity index (χ4n) is 7.09. The summed E-state index contributed by atoms with van der Waals surface area (Å²) in [7, 11) is 0. The third-order valence-electron chi connectivity index (χ3n) is 9.30. The third kappa shape index (κ3) is 5.39. The SMILES string of the molecule is Cc1ccc(-c2nn[nH]n2)c(C)c1C(=O)N1CC2CN(CCC(NC(=O)C3CCCC3)c3ccccc3)CC2C1. The summed E-state index contributed by atoms with van der Waals surface area (Å²) in [5.74, 6) is 1.95. The summed E-state index contributed by atoms with van der Waals surface area (Å²) in [6.07, 6.45) is 5.24. The average Bonchev–Trinajstić information content (AvgIpc) is 3.76. The van der Waals surface area contributed by atoms with Crippen molar-refractivity contribution >= 4 is 11.8 Å². The fraction of sp³-hybridized carbons (Fsp3) is 0.516. The molecule has 3 aromatic rings. The van der Waals surface area contributed by atoms with E-state index in [2.05, 4.69) is 55.1 Å². The first-order chi connectivity index (χ1) is 19.5. The maximum atomic E-state index is 13.7. The van der Waals surface area contributed by atoms with Crippen molar-refractivity contribution < 1.29 is 9.59 Å². The standard InChI is InChI=1S/C31H39N7O2/c1-20-12-13-26(29-33-35-36-34-29)21(2)28(20)31(40)38-18-24-16-37(17-25(24)19-38)15-14-27(22-8-4-3-5-9-22)32-30(39)23-10-6-7-11-23/h3-5,8-9,12-13,23-25,27H,6-7,10-11,14-19H2,1-2H3,(H,32,39)(H,33,34,35,36). The van der Waals surface area contributed by atoms with E-state index in [4.69, 9.17) is 0 Å². The molecule has 2 aromatic carbocycles. The molecule has 9 nitrogen and oxygen atoms in total. The number of likely N-dealkylation sites (tertiary alicyclic amines) is 2. The average molecular weight is 542 g/mol. The van der Waals surface area contributed by atoms with Crippen LogP contribution in [0.15, 0.2) is 42.5 Å². The Balaban J connectivity index is 1.07. The molecule has 0 spiro atoms. The van der Waals surface area contributed by atoms with E-state index >= 15 is 0 Å². The Bertz CT molecular complexity index is 1320. The van der Waals surface area contributed by atoms with E-state index in [1.165, 1.54) is 5.56 Å². The van der Waals surface area contributed by atoms with E-state index in [-0.39, 0.29) is 23.8 Å². The van der Waals surface area contributed by atoms with E-state index in [0.717, 1.165) is 87.1 Å². The first kappa shape index (κ1) is 26.6. The number of tetrazole rings is 1. The maximum absolute atomic E-state index is 13.7. The Hall–Kier alpha value is -3.59. The van der Waals surface area contributed by atoms with E-state index in [1.54, 1.807) is 0 Å². The van der Waals surface area contributed by atoms with Crippen LogP contribution in [0.3, 0.4) is 0 Å². The van der Waals surface area contributed by atoms with Crippen molar-refractivity contribution in [1.29, 1.82) is 0 Å². The molecule has 1 aromatic heterocycles. The maximum Gasteiger partial charge on any atom is 0.254 e. The number of H-pyrrole nitrogens is 1. The molecule has 3 aliphatic rings. The van der Waals surface area contributed by atoms with Crippen LogP contribution in [0.1, 0.15) is 65.2 Å². The molecule has 3 atom stereocenters. The molecule has 0 bridgehead atoms. The number of aromatic amines is 1. The summed E-state index contributed by atoms with van der Waals surface area (Å²) in [6.45, 7) is 8.46. The molecule has 9 heteroatoms. The summed E-state index contributed by atoms with van der Waals surface area (Å²) in [5, 5.41) is 17.8. The summed E-state index contributed by atoms with van der Waals surface area (Å²) in [5.41, 5.74) is 4.64. The number of rotatable bonds is 8. The molecule has 1 saturated carbocycles. The number of fused-ring (bicyclic) bond motifs is 1. The summed E-state index contributed by atoms with van der Waals surface area (Å²) >= 11 is 0. The second kappa shape index (κ2) is 11.5. The topological polar surface area (TPSA) is 107 Å². The molecule has 3 heterocycles. The molecule has 210 valence electrons. The van der Waals surface area contributed by atoms with Crippen LogP contribution in [0.5, 0.6) is 0 Å². The van der Waals surface area contributed by atoms with Crippen LogP contribution >= 0.6 is 0 Å². The van der Waals surface area contributed by atoms with Crippen LogP contribution in [-0.4, -0.2) is 75.0 Å². The van der Waals surface area contributed by atoms with E-state index in [9.17, 15) is 9.59 Å². The Kier molecular flexibility index (Phi) is 7.65. The predicted octanol–water partition coefficient (Wildman–Crippen LogP) is 3.93. The number of hydrogen-bond acceptors (Lipinski definition) is 6. The van der Waals surface area contributed by atoms with Gasteiger partial charge in [-0.15, -0.1) is 10.2 Å². The van der Waals surface area contributed by atoms with Crippen molar-refractivity contribution in [2.24, 2.45) is 17.8 Å². The van der Waals surface area contributed by atoms with Gasteiger partial charge in [0.05, 0.1) is 6.04 Å². The van der Waals surface area contributed by atoms with Crippen molar-refractivity contribution in [2.45, 2.75) is 52.0 Å². The van der Waals surface area contributed by atoms with Gasteiger partial charge in [-0.3, -0.25) is 9.59 Å². The summed E-state index contributed by atoms with van der Waals surface area (Å²) in [6, 6.07) is 14.3. The minimum Gasteiger partial charge on any atom is -0.349 e. The van der Waals surface area contributed by atoms with Gasteiger partial charge >= 0.3 is 0 Å². The first-order valence-corrected chi connectivity index (χ1v) is 14.7. The van der Waals surface area contributed by atoms with Gasteiger partial charge in [0.1, 0.15) is 0 Å². The number of hydrogen-bond donors (Lipinski definition) is 2. The molecular weight excluding hydrogens is 502 g/mol. The Morgan fingerprint density at radius 2 is 1.73 bits per heavy atom. The number of nitrogens with zero attached hydrogens (tertiary/aromatic N) is 5. The number of aryl methyl sites for hydroxylation is 1. The zero-order valence-corrected chi connectivity index (χ0v) is 23.5. The van der Waals surface area contributed by atoms with Crippen molar-refractivity contribution in [1.82, 2.24) is 35.7 Å². The minimum atomic E-state index is 0.0326. The van der Waals surface area contributed by atoms with Gasteiger partial charge in [-0.1, -0.05) is 55.3 Å². The number of aromatic nitrogens is 4. The lowest BCUT2D eigenvalue weighted by atomic mass is 9.96. The second-order valence-electron chi connectivity index (χ2n) is 11.9. The lowest BCUT2D eigenvalue weighted by Gasteiger charge is -2.26. The largest absolute Gasteiger partial charge is 0.349 e. The predicted molar refractivity (Wildman–Crippen MR) is 152 cm³/mol. The van der Waals surface area contributed by atoms with Gasteiger partial charge in [0.15, 0.2) is 0 Å². The zero-order valence-electron chi connectivity index (χ0n) is 23.5. The van der Waals surface area contributed by atoms with Crippen molar-refractivity contribution in [3.8, 4) is 11.4 Å². The molecule has 3 fully saturated rings. The molecule has 3 unspecified atom stereocenters. The summed E-state index contributed by atoms with van der Waals surface area (Å²) < 4.78 is 0. The molecular formula is C31H39N7O2. The molecule has 6 rings (SSSR count). The van der Waals surface area contributed by atoms with Gasteiger partial charge in [-0.2, -0.15) is 5.21 Å². The molecule has 2 amide bonds. The molecule has 1 aliphatic carbocycles. The molecule has 2 saturated heterocycles. The third-order valence-corrected chi connectivity index (χ3v) is 9.30. The number of benzene rings is 2. The highest BCUT2D eigenvalue weighted by Crippen LogP contribution is 2.34. The van der Waals surface area contributed by atoms with Gasteiger partial charge in [0.25, 0.3) is 5.91 Å². The molecule has 40 heavy (non-hydrogen) atoms. The van der Waals surface area contributed by atoms with Crippen LogP contribution < -0.4 is 5.32 Å². The van der Waals surface area contributed by atoms with Crippen molar-refractivity contribution in [3.05, 3.63) is 64.7 Å². The van der Waals surface area contributed by atoms with Gasteiger partial charge in [0.2, 0.25) is 11.7 Å². The first-order valence-electron chi connectivity index (χ1n) is 14.7. The normalized spacial score (nSPS) is 22.0. The number of nitrogens with one attached hydrogen (secondary N) is 2. The lowest BCUT2D eigenvalue weighted by Crippen LogP contribution is -2.37. The van der Waals surface area contributed by atoms with Crippen LogP contribution in [0, 0.1) is 31.6 Å². The van der Waals surface area contributed by atoms with Crippen LogP contribution in [0.4, 0.5) is 0 Å². The van der Waals surface area contributed by atoms with E-state index < -0.39 is 0 Å². The minimum absolute atomic E-state index is 0.0326. The lowest BCUT2D eigenvalue weighted by molar-refractivity contribution is -0.125. The highest BCUT2D eigenvalue weighted by Gasteiger charge is 2.42. The zero-order chi connectivity index (χ0) is 27.6. The molecule has 0 radical (unpaired) electrons. The van der Waals surface area contributed by atoms with Gasteiger partial charge < -0.3 is 15.1 Å². The van der Waals surface area contributed by atoms with E-state index in [0.29, 0.717) is 17.7 Å².